The number of nitrogens with zero attached hydrogens (tertiary/aromatic N) is 1. The van der Waals surface area contributed by atoms with Crippen molar-refractivity contribution in [2.45, 2.75) is 32.6 Å². The van der Waals surface area contributed by atoms with Gasteiger partial charge < -0.3 is 5.32 Å². The van der Waals surface area contributed by atoms with E-state index >= 15 is 0 Å². The zero-order valence-corrected chi connectivity index (χ0v) is 14.2. The van der Waals surface area contributed by atoms with E-state index in [0.29, 0.717) is 21.2 Å². The molecule has 1 aromatic carbocycles. The molecule has 0 aliphatic carbocycles. The molecule has 0 aliphatic rings. The average Bonchev–Trinajstić information content (AvgIpc) is 2.72. The second kappa shape index (κ2) is 6.03. The van der Waals surface area contributed by atoms with Crippen LogP contribution in [-0.2, 0) is 10.0 Å². The van der Waals surface area contributed by atoms with Gasteiger partial charge in [0.2, 0.25) is 0 Å². The highest BCUT2D eigenvalue weighted by Gasteiger charge is 2.21. The van der Waals surface area contributed by atoms with Crippen molar-refractivity contribution in [3.8, 4) is 0 Å². The first kappa shape index (κ1) is 15.8. The molecule has 0 aliphatic heterocycles. The third-order valence-electron chi connectivity index (χ3n) is 2.95. The lowest BCUT2D eigenvalue weighted by atomic mass is 10.1. The van der Waals surface area contributed by atoms with Gasteiger partial charge in [0.15, 0.2) is 5.13 Å². The Balaban J connectivity index is 2.40. The van der Waals surface area contributed by atoms with E-state index in [4.69, 9.17) is 0 Å². The van der Waals surface area contributed by atoms with E-state index in [1.165, 1.54) is 11.3 Å². The second-order valence-corrected chi connectivity index (χ2v) is 7.35. The van der Waals surface area contributed by atoms with Crippen LogP contribution in [0.2, 0.25) is 0 Å². The lowest BCUT2D eigenvalue weighted by molar-refractivity contribution is 0.600. The van der Waals surface area contributed by atoms with Gasteiger partial charge >= 0.3 is 0 Å². The van der Waals surface area contributed by atoms with Crippen LogP contribution in [0.4, 0.5) is 10.8 Å². The summed E-state index contributed by atoms with van der Waals surface area (Å²) in [4.78, 5) is 4.46. The monoisotopic (exact) mass is 325 g/mol. The van der Waals surface area contributed by atoms with Gasteiger partial charge in [-0.05, 0) is 51.0 Å². The quantitative estimate of drug-likeness (QED) is 0.885. The summed E-state index contributed by atoms with van der Waals surface area (Å²) in [6, 6.07) is 3.69. The number of rotatable bonds is 5. The number of aryl methyl sites for hydroxylation is 3. The van der Waals surface area contributed by atoms with Crippen LogP contribution in [-0.4, -0.2) is 19.9 Å². The summed E-state index contributed by atoms with van der Waals surface area (Å²) in [6.07, 6.45) is 0. The molecule has 1 aromatic heterocycles. The Morgan fingerprint density at radius 2 is 1.81 bits per heavy atom. The van der Waals surface area contributed by atoms with Gasteiger partial charge in [-0.2, -0.15) is 0 Å². The number of hydrogen-bond acceptors (Lipinski definition) is 5. The number of sulfonamides is 1. The molecule has 114 valence electrons. The molecule has 0 saturated heterocycles. The van der Waals surface area contributed by atoms with Crippen LogP contribution >= 0.6 is 11.3 Å². The molecular weight excluding hydrogens is 306 g/mol. The maximum atomic E-state index is 12.6. The predicted octanol–water partition coefficient (Wildman–Crippen LogP) is 3.30. The molecule has 0 radical (unpaired) electrons. The topological polar surface area (TPSA) is 71.1 Å². The highest BCUT2D eigenvalue weighted by Crippen LogP contribution is 2.27. The molecule has 1 heterocycles. The molecule has 0 fully saturated rings. The van der Waals surface area contributed by atoms with E-state index in [0.717, 1.165) is 17.9 Å². The summed E-state index contributed by atoms with van der Waals surface area (Å²) in [5, 5.41) is 5.40. The molecule has 0 amide bonds. The Bertz CT molecular complexity index is 728. The average molecular weight is 325 g/mol. The van der Waals surface area contributed by atoms with Gasteiger partial charge in [-0.25, -0.2) is 13.4 Å². The Kier molecular flexibility index (Phi) is 4.53. The van der Waals surface area contributed by atoms with Crippen molar-refractivity contribution in [1.82, 2.24) is 4.98 Å². The van der Waals surface area contributed by atoms with Crippen molar-refractivity contribution in [2.75, 3.05) is 16.6 Å². The number of nitrogens with one attached hydrogen (secondary N) is 2. The summed E-state index contributed by atoms with van der Waals surface area (Å²) >= 11 is 1.28. The van der Waals surface area contributed by atoms with E-state index in [1.807, 2.05) is 31.4 Å². The van der Waals surface area contributed by atoms with Gasteiger partial charge in [-0.1, -0.05) is 0 Å². The SMILES string of the molecule is CCNc1cc(C)c(S(=O)(=O)Nc2nc(C)cs2)c(C)c1. The van der Waals surface area contributed by atoms with Crippen LogP contribution in [0.15, 0.2) is 22.4 Å². The normalized spacial score (nSPS) is 11.4. The van der Waals surface area contributed by atoms with Gasteiger partial charge in [0, 0.05) is 17.6 Å². The number of benzene rings is 1. The zero-order valence-electron chi connectivity index (χ0n) is 12.5. The summed E-state index contributed by atoms with van der Waals surface area (Å²) < 4.78 is 27.7. The maximum absolute atomic E-state index is 12.6. The third-order valence-corrected chi connectivity index (χ3v) is 5.60. The van der Waals surface area contributed by atoms with E-state index in [9.17, 15) is 8.42 Å². The Labute approximate surface area is 129 Å². The second-order valence-electron chi connectivity index (χ2n) is 4.87. The van der Waals surface area contributed by atoms with E-state index < -0.39 is 10.0 Å². The molecule has 0 bridgehead atoms. The molecule has 7 heteroatoms. The Morgan fingerprint density at radius 1 is 1.19 bits per heavy atom. The molecule has 0 spiro atoms. The van der Waals surface area contributed by atoms with Crippen molar-refractivity contribution >= 4 is 32.2 Å². The molecule has 21 heavy (non-hydrogen) atoms. The molecule has 0 unspecified atom stereocenters. The highest BCUT2D eigenvalue weighted by molar-refractivity contribution is 7.93. The molecule has 2 N–H and O–H groups in total. The van der Waals surface area contributed by atoms with Gasteiger partial charge in [0.25, 0.3) is 10.0 Å². The van der Waals surface area contributed by atoms with Crippen LogP contribution in [0.1, 0.15) is 23.7 Å². The summed E-state index contributed by atoms with van der Waals surface area (Å²) in [5.41, 5.74) is 3.16. The van der Waals surface area contributed by atoms with Crippen LogP contribution < -0.4 is 10.0 Å². The van der Waals surface area contributed by atoms with Crippen LogP contribution in [0.3, 0.4) is 0 Å². The van der Waals surface area contributed by atoms with Crippen LogP contribution in [0.5, 0.6) is 0 Å². The van der Waals surface area contributed by atoms with Crippen LogP contribution in [0.25, 0.3) is 0 Å². The minimum absolute atomic E-state index is 0.317. The number of hydrogen-bond donors (Lipinski definition) is 2. The molecule has 2 rings (SSSR count). The van der Waals surface area contributed by atoms with Gasteiger partial charge in [0.1, 0.15) is 0 Å². The van der Waals surface area contributed by atoms with E-state index in [2.05, 4.69) is 15.0 Å². The van der Waals surface area contributed by atoms with Crippen molar-refractivity contribution in [3.63, 3.8) is 0 Å². The number of thiazole rings is 1. The van der Waals surface area contributed by atoms with E-state index in [-0.39, 0.29) is 0 Å². The predicted molar refractivity (Wildman–Crippen MR) is 87.7 cm³/mol. The first-order chi connectivity index (χ1) is 9.83. The lowest BCUT2D eigenvalue weighted by Gasteiger charge is -2.14. The Hall–Kier alpha value is -1.60. The minimum atomic E-state index is -3.62. The van der Waals surface area contributed by atoms with Crippen molar-refractivity contribution in [3.05, 3.63) is 34.3 Å². The zero-order chi connectivity index (χ0) is 15.6. The summed E-state index contributed by atoms with van der Waals surface area (Å²) in [5.74, 6) is 0. The first-order valence-corrected chi connectivity index (χ1v) is 9.00. The fourth-order valence-corrected chi connectivity index (χ4v) is 4.64. The smallest absolute Gasteiger partial charge is 0.264 e. The fourth-order valence-electron chi connectivity index (χ4n) is 2.25. The van der Waals surface area contributed by atoms with Gasteiger partial charge in [0.05, 0.1) is 10.6 Å². The van der Waals surface area contributed by atoms with Crippen molar-refractivity contribution < 1.29 is 8.42 Å². The lowest BCUT2D eigenvalue weighted by Crippen LogP contribution is -2.16. The minimum Gasteiger partial charge on any atom is -0.385 e. The third kappa shape index (κ3) is 3.54. The first-order valence-electron chi connectivity index (χ1n) is 6.63. The highest BCUT2D eigenvalue weighted by atomic mass is 32.2. The van der Waals surface area contributed by atoms with Crippen LogP contribution in [0, 0.1) is 20.8 Å². The standard InChI is InChI=1S/C14H19N3O2S2/c1-5-15-12-6-9(2)13(10(3)7-12)21(18,19)17-14-16-11(4)8-20-14/h6-8,15H,5H2,1-4H3,(H,16,17). The van der Waals surface area contributed by atoms with E-state index in [1.54, 1.807) is 13.8 Å². The molecule has 2 aromatic rings. The van der Waals surface area contributed by atoms with Gasteiger partial charge in [-0.15, -0.1) is 11.3 Å². The number of anilines is 2. The van der Waals surface area contributed by atoms with Gasteiger partial charge in [-0.3, -0.25) is 4.72 Å². The molecule has 0 atom stereocenters. The molecule has 5 nitrogen and oxygen atoms in total. The fraction of sp³-hybridized carbons (Fsp3) is 0.357. The number of aromatic nitrogens is 1. The van der Waals surface area contributed by atoms with Crippen molar-refractivity contribution in [1.29, 1.82) is 0 Å². The summed E-state index contributed by atoms with van der Waals surface area (Å²) in [7, 11) is -3.62. The molecular formula is C14H19N3O2S2. The van der Waals surface area contributed by atoms with Crippen molar-refractivity contribution in [2.24, 2.45) is 0 Å². The molecule has 0 saturated carbocycles. The maximum Gasteiger partial charge on any atom is 0.264 e. The Morgan fingerprint density at radius 3 is 2.29 bits per heavy atom. The largest absolute Gasteiger partial charge is 0.385 e. The summed E-state index contributed by atoms with van der Waals surface area (Å²) in [6.45, 7) is 8.23.